The van der Waals surface area contributed by atoms with Gasteiger partial charge in [0.2, 0.25) is 5.13 Å². The molecule has 0 aliphatic heterocycles. The molecule has 0 amide bonds. The number of anilines is 1. The number of benzene rings is 2. The number of methoxy groups -OCH3 is 2. The second-order valence-corrected chi connectivity index (χ2v) is 6.37. The molecule has 1 N–H and O–H groups in total. The Labute approximate surface area is 159 Å². The van der Waals surface area contributed by atoms with Crippen LogP contribution in [0, 0.1) is 5.82 Å². The number of rotatable bonds is 6. The minimum atomic E-state index is -0.439. The third-order valence-corrected chi connectivity index (χ3v) is 4.62. The van der Waals surface area contributed by atoms with Gasteiger partial charge in [0, 0.05) is 22.6 Å². The summed E-state index contributed by atoms with van der Waals surface area (Å²) in [5, 5.41) is 6.73. The molecular weight excluding hydrogens is 377 g/mol. The molecule has 3 aromatic rings. The van der Waals surface area contributed by atoms with E-state index in [2.05, 4.69) is 15.5 Å². The van der Waals surface area contributed by atoms with E-state index in [9.17, 15) is 4.39 Å². The van der Waals surface area contributed by atoms with Gasteiger partial charge in [0.1, 0.15) is 17.3 Å². The van der Waals surface area contributed by atoms with Gasteiger partial charge in [0.05, 0.1) is 31.2 Å². The molecule has 0 fully saturated rings. The van der Waals surface area contributed by atoms with Crippen molar-refractivity contribution in [1.82, 2.24) is 4.98 Å². The highest BCUT2D eigenvalue weighted by Crippen LogP contribution is 2.34. The molecule has 0 radical (unpaired) electrons. The molecule has 0 saturated heterocycles. The van der Waals surface area contributed by atoms with Crippen molar-refractivity contribution in [2.24, 2.45) is 5.10 Å². The summed E-state index contributed by atoms with van der Waals surface area (Å²) in [5.41, 5.74) is 4.57. The van der Waals surface area contributed by atoms with Crippen molar-refractivity contribution in [3.63, 3.8) is 0 Å². The van der Waals surface area contributed by atoms with Gasteiger partial charge < -0.3 is 9.47 Å². The Morgan fingerprint density at radius 2 is 2.08 bits per heavy atom. The summed E-state index contributed by atoms with van der Waals surface area (Å²) in [6.45, 7) is 0. The van der Waals surface area contributed by atoms with Crippen LogP contribution in [0.3, 0.4) is 0 Å². The van der Waals surface area contributed by atoms with Gasteiger partial charge >= 0.3 is 0 Å². The van der Waals surface area contributed by atoms with E-state index < -0.39 is 5.82 Å². The molecule has 0 saturated carbocycles. The maximum atomic E-state index is 13.7. The van der Waals surface area contributed by atoms with Crippen LogP contribution in [0.15, 0.2) is 46.9 Å². The number of halogens is 2. The number of aromatic nitrogens is 1. The lowest BCUT2D eigenvalue weighted by molar-refractivity contribution is 0.395. The van der Waals surface area contributed by atoms with E-state index in [0.29, 0.717) is 21.7 Å². The van der Waals surface area contributed by atoms with Crippen LogP contribution in [-0.4, -0.2) is 25.4 Å². The molecule has 5 nitrogen and oxygen atoms in total. The van der Waals surface area contributed by atoms with Crippen LogP contribution >= 0.6 is 22.9 Å². The normalized spacial score (nSPS) is 10.9. The van der Waals surface area contributed by atoms with Crippen LogP contribution in [0.5, 0.6) is 11.5 Å². The van der Waals surface area contributed by atoms with Crippen molar-refractivity contribution in [3.05, 3.63) is 58.2 Å². The predicted octanol–water partition coefficient (Wildman–Crippen LogP) is 5.07. The summed E-state index contributed by atoms with van der Waals surface area (Å²) in [4.78, 5) is 4.47. The summed E-state index contributed by atoms with van der Waals surface area (Å²) in [6.07, 6.45) is 1.33. The number of hydrazone groups is 1. The monoisotopic (exact) mass is 391 g/mol. The van der Waals surface area contributed by atoms with Crippen LogP contribution in [-0.2, 0) is 0 Å². The molecule has 1 heterocycles. The fourth-order valence-corrected chi connectivity index (χ4v) is 3.12. The Kier molecular flexibility index (Phi) is 5.70. The molecule has 26 heavy (non-hydrogen) atoms. The molecular formula is C18H15ClFN3O2S. The number of thiazole rings is 1. The second kappa shape index (κ2) is 8.16. The van der Waals surface area contributed by atoms with Crippen molar-refractivity contribution in [3.8, 4) is 22.8 Å². The van der Waals surface area contributed by atoms with Gasteiger partial charge in [0.15, 0.2) is 0 Å². The van der Waals surface area contributed by atoms with Crippen molar-refractivity contribution in [2.45, 2.75) is 0 Å². The van der Waals surface area contributed by atoms with Crippen LogP contribution in [0.4, 0.5) is 9.52 Å². The minimum absolute atomic E-state index is 0.218. The van der Waals surface area contributed by atoms with Gasteiger partial charge in [-0.05, 0) is 24.3 Å². The average molecular weight is 392 g/mol. The predicted molar refractivity (Wildman–Crippen MR) is 103 cm³/mol. The third-order valence-electron chi connectivity index (χ3n) is 3.54. The SMILES string of the molecule is COc1ccc(-c2csc(N/N=C\c3c(F)cccc3Cl)n2)c(OC)c1. The lowest BCUT2D eigenvalue weighted by Crippen LogP contribution is -1.94. The molecule has 134 valence electrons. The number of hydrogen-bond acceptors (Lipinski definition) is 6. The topological polar surface area (TPSA) is 55.7 Å². The Morgan fingerprint density at radius 1 is 1.23 bits per heavy atom. The first-order valence-electron chi connectivity index (χ1n) is 7.53. The maximum absolute atomic E-state index is 13.7. The van der Waals surface area contributed by atoms with E-state index in [0.717, 1.165) is 11.3 Å². The first kappa shape index (κ1) is 18.2. The molecule has 8 heteroatoms. The summed E-state index contributed by atoms with van der Waals surface area (Å²) < 4.78 is 24.3. The van der Waals surface area contributed by atoms with Gasteiger partial charge in [0.25, 0.3) is 0 Å². The van der Waals surface area contributed by atoms with Crippen LogP contribution in [0.25, 0.3) is 11.3 Å². The highest BCUT2D eigenvalue weighted by molar-refractivity contribution is 7.14. The van der Waals surface area contributed by atoms with Gasteiger partial charge in [-0.15, -0.1) is 11.3 Å². The van der Waals surface area contributed by atoms with E-state index in [1.807, 2.05) is 17.5 Å². The second-order valence-electron chi connectivity index (χ2n) is 5.11. The lowest BCUT2D eigenvalue weighted by Gasteiger charge is -2.08. The molecule has 0 atom stereocenters. The largest absolute Gasteiger partial charge is 0.497 e. The zero-order valence-corrected chi connectivity index (χ0v) is 15.6. The molecule has 1 aromatic heterocycles. The van der Waals surface area contributed by atoms with Gasteiger partial charge in [-0.25, -0.2) is 9.37 Å². The van der Waals surface area contributed by atoms with E-state index in [1.54, 1.807) is 26.4 Å². The van der Waals surface area contributed by atoms with Gasteiger partial charge in [-0.1, -0.05) is 17.7 Å². The van der Waals surface area contributed by atoms with Crippen molar-refractivity contribution >= 4 is 34.3 Å². The lowest BCUT2D eigenvalue weighted by atomic mass is 10.1. The number of nitrogens with zero attached hydrogens (tertiary/aromatic N) is 2. The summed E-state index contributed by atoms with van der Waals surface area (Å²) in [7, 11) is 3.19. The fraction of sp³-hybridized carbons (Fsp3) is 0.111. The van der Waals surface area contributed by atoms with Crippen molar-refractivity contribution in [2.75, 3.05) is 19.6 Å². The standard InChI is InChI=1S/C18H15ClFN3O2S/c1-24-11-6-7-12(17(8-11)25-2)16-10-26-18(22-16)23-21-9-13-14(19)4-3-5-15(13)20/h3-10H,1-2H3,(H,22,23)/b21-9-. The molecule has 3 rings (SSSR count). The van der Waals surface area contributed by atoms with Crippen LogP contribution < -0.4 is 14.9 Å². The average Bonchev–Trinajstić information content (AvgIpc) is 3.12. The first-order chi connectivity index (χ1) is 12.6. The van der Waals surface area contributed by atoms with Crippen molar-refractivity contribution in [1.29, 1.82) is 0 Å². The molecule has 0 unspecified atom stereocenters. The van der Waals surface area contributed by atoms with E-state index >= 15 is 0 Å². The van der Waals surface area contributed by atoms with Gasteiger partial charge in [-0.3, -0.25) is 5.43 Å². The van der Waals surface area contributed by atoms with E-state index in [-0.39, 0.29) is 5.56 Å². The minimum Gasteiger partial charge on any atom is -0.497 e. The smallest absolute Gasteiger partial charge is 0.203 e. The molecule has 0 spiro atoms. The quantitative estimate of drug-likeness (QED) is 0.471. The first-order valence-corrected chi connectivity index (χ1v) is 8.79. The zero-order chi connectivity index (χ0) is 18.5. The number of ether oxygens (including phenoxy) is 2. The van der Waals surface area contributed by atoms with E-state index in [1.165, 1.54) is 29.7 Å². The Hall–Kier alpha value is -2.64. The Morgan fingerprint density at radius 3 is 2.81 bits per heavy atom. The van der Waals surface area contributed by atoms with Gasteiger partial charge in [-0.2, -0.15) is 5.10 Å². The molecule has 0 aliphatic rings. The number of nitrogens with one attached hydrogen (secondary N) is 1. The highest BCUT2D eigenvalue weighted by atomic mass is 35.5. The zero-order valence-electron chi connectivity index (χ0n) is 14.0. The molecule has 2 aromatic carbocycles. The summed E-state index contributed by atoms with van der Waals surface area (Å²) >= 11 is 7.32. The molecule has 0 bridgehead atoms. The fourth-order valence-electron chi connectivity index (χ4n) is 2.25. The Bertz CT molecular complexity index is 926. The highest BCUT2D eigenvalue weighted by Gasteiger charge is 2.11. The van der Waals surface area contributed by atoms with E-state index in [4.69, 9.17) is 21.1 Å². The number of hydrogen-bond donors (Lipinski definition) is 1. The van der Waals surface area contributed by atoms with Crippen LogP contribution in [0.1, 0.15) is 5.56 Å². The third kappa shape index (κ3) is 3.95. The summed E-state index contributed by atoms with van der Waals surface area (Å²) in [5.74, 6) is 0.916. The molecule has 0 aliphatic carbocycles. The Balaban J connectivity index is 1.77. The summed E-state index contributed by atoms with van der Waals surface area (Å²) in [6, 6.07) is 9.97. The maximum Gasteiger partial charge on any atom is 0.203 e. The van der Waals surface area contributed by atoms with Crippen molar-refractivity contribution < 1.29 is 13.9 Å². The van der Waals surface area contributed by atoms with Crippen LogP contribution in [0.2, 0.25) is 5.02 Å².